The van der Waals surface area contributed by atoms with Crippen molar-refractivity contribution in [3.63, 3.8) is 0 Å². The predicted molar refractivity (Wildman–Crippen MR) is 67.3 cm³/mol. The van der Waals surface area contributed by atoms with Crippen molar-refractivity contribution in [1.82, 2.24) is 0 Å². The van der Waals surface area contributed by atoms with Crippen LogP contribution in [0.2, 0.25) is 0 Å². The highest BCUT2D eigenvalue weighted by Gasteiger charge is 2.27. The lowest BCUT2D eigenvalue weighted by Crippen LogP contribution is -1.97. The van der Waals surface area contributed by atoms with Gasteiger partial charge in [0.1, 0.15) is 5.78 Å². The molecule has 1 fully saturated rings. The molecule has 0 amide bonds. The van der Waals surface area contributed by atoms with Crippen molar-refractivity contribution < 1.29 is 4.79 Å². The average Bonchev–Trinajstić information content (AvgIpc) is 3.05. The SMILES string of the molecule is Cc1cccc(C)c1/C=C/CC(=O)C1CC1. The van der Waals surface area contributed by atoms with Crippen LogP contribution in [0.4, 0.5) is 0 Å². The summed E-state index contributed by atoms with van der Waals surface area (Å²) in [7, 11) is 0. The average molecular weight is 214 g/mol. The molecule has 1 aromatic rings. The van der Waals surface area contributed by atoms with Crippen LogP contribution in [0.5, 0.6) is 0 Å². The van der Waals surface area contributed by atoms with E-state index in [1.807, 2.05) is 6.08 Å². The maximum atomic E-state index is 11.5. The van der Waals surface area contributed by atoms with Crippen molar-refractivity contribution in [3.05, 3.63) is 41.0 Å². The summed E-state index contributed by atoms with van der Waals surface area (Å²) < 4.78 is 0. The van der Waals surface area contributed by atoms with Crippen LogP contribution in [0.25, 0.3) is 6.08 Å². The van der Waals surface area contributed by atoms with Gasteiger partial charge in [-0.15, -0.1) is 0 Å². The summed E-state index contributed by atoms with van der Waals surface area (Å²) in [6, 6.07) is 6.28. The third-order valence-electron chi connectivity index (χ3n) is 3.18. The molecule has 16 heavy (non-hydrogen) atoms. The lowest BCUT2D eigenvalue weighted by Gasteiger charge is -2.03. The largest absolute Gasteiger partial charge is 0.299 e. The highest BCUT2D eigenvalue weighted by molar-refractivity contribution is 5.85. The maximum Gasteiger partial charge on any atom is 0.139 e. The summed E-state index contributed by atoms with van der Waals surface area (Å²) in [6.45, 7) is 4.21. The Morgan fingerprint density at radius 1 is 1.31 bits per heavy atom. The van der Waals surface area contributed by atoms with Crippen molar-refractivity contribution in [3.8, 4) is 0 Å². The number of hydrogen-bond donors (Lipinski definition) is 0. The molecule has 1 aliphatic rings. The maximum absolute atomic E-state index is 11.5. The highest BCUT2D eigenvalue weighted by atomic mass is 16.1. The van der Waals surface area contributed by atoms with Gasteiger partial charge in [0.05, 0.1) is 0 Å². The summed E-state index contributed by atoms with van der Waals surface area (Å²) >= 11 is 0. The third-order valence-corrected chi connectivity index (χ3v) is 3.18. The number of allylic oxidation sites excluding steroid dienone is 1. The van der Waals surface area contributed by atoms with Gasteiger partial charge < -0.3 is 0 Å². The number of benzene rings is 1. The molecule has 1 aliphatic carbocycles. The molecule has 0 unspecified atom stereocenters. The first kappa shape index (κ1) is 11.1. The van der Waals surface area contributed by atoms with Gasteiger partial charge in [0.15, 0.2) is 0 Å². The fraction of sp³-hybridized carbons (Fsp3) is 0.400. The van der Waals surface area contributed by atoms with E-state index in [0.717, 1.165) is 12.8 Å². The standard InChI is InChI=1S/C15H18O/c1-11-5-3-6-12(2)14(11)7-4-8-15(16)13-9-10-13/h3-7,13H,8-10H2,1-2H3/b7-4+. The molecule has 0 bridgehead atoms. The van der Waals surface area contributed by atoms with Gasteiger partial charge in [0.2, 0.25) is 0 Å². The van der Waals surface area contributed by atoms with Crippen LogP contribution in [0.1, 0.15) is 36.0 Å². The van der Waals surface area contributed by atoms with E-state index in [9.17, 15) is 4.79 Å². The Morgan fingerprint density at radius 2 is 1.94 bits per heavy atom. The lowest BCUT2D eigenvalue weighted by atomic mass is 10.0. The first-order chi connectivity index (χ1) is 7.68. The Balaban J connectivity index is 2.02. The molecule has 1 heteroatoms. The second-order valence-corrected chi connectivity index (χ2v) is 4.65. The van der Waals surface area contributed by atoms with Crippen molar-refractivity contribution in [1.29, 1.82) is 0 Å². The Bertz CT molecular complexity index is 405. The van der Waals surface area contributed by atoms with Crippen molar-refractivity contribution in [2.45, 2.75) is 33.1 Å². The first-order valence-electron chi connectivity index (χ1n) is 5.94. The zero-order valence-corrected chi connectivity index (χ0v) is 9.99. The fourth-order valence-electron chi connectivity index (χ4n) is 1.96. The summed E-state index contributed by atoms with van der Waals surface area (Å²) in [5, 5.41) is 0. The van der Waals surface area contributed by atoms with Crippen molar-refractivity contribution >= 4 is 11.9 Å². The van der Waals surface area contributed by atoms with Crippen molar-refractivity contribution in [2.24, 2.45) is 5.92 Å². The number of rotatable bonds is 4. The van der Waals surface area contributed by atoms with E-state index in [2.05, 4.69) is 38.1 Å². The minimum atomic E-state index is 0.377. The number of aryl methyl sites for hydroxylation is 2. The second kappa shape index (κ2) is 4.65. The molecule has 0 N–H and O–H groups in total. The molecule has 84 valence electrons. The number of ketones is 1. The van der Waals surface area contributed by atoms with Crippen LogP contribution in [-0.4, -0.2) is 5.78 Å². The third kappa shape index (κ3) is 2.60. The summed E-state index contributed by atoms with van der Waals surface area (Å²) in [5.74, 6) is 0.783. The Morgan fingerprint density at radius 3 is 2.50 bits per heavy atom. The molecular formula is C15H18O. The van der Waals surface area contributed by atoms with Gasteiger partial charge in [0, 0.05) is 12.3 Å². The highest BCUT2D eigenvalue weighted by Crippen LogP contribution is 2.31. The fourth-order valence-corrected chi connectivity index (χ4v) is 1.96. The van der Waals surface area contributed by atoms with Crippen molar-refractivity contribution in [2.75, 3.05) is 0 Å². The molecule has 1 aromatic carbocycles. The van der Waals surface area contributed by atoms with E-state index < -0.39 is 0 Å². The topological polar surface area (TPSA) is 17.1 Å². The van der Waals surface area contributed by atoms with Crippen LogP contribution >= 0.6 is 0 Å². The lowest BCUT2D eigenvalue weighted by molar-refractivity contribution is -0.119. The monoisotopic (exact) mass is 214 g/mol. The molecule has 0 aliphatic heterocycles. The van der Waals surface area contributed by atoms with E-state index in [0.29, 0.717) is 18.1 Å². The second-order valence-electron chi connectivity index (χ2n) is 4.65. The van der Waals surface area contributed by atoms with E-state index in [1.54, 1.807) is 0 Å². The van der Waals surface area contributed by atoms with Crippen LogP contribution in [-0.2, 0) is 4.79 Å². The molecule has 0 atom stereocenters. The number of Topliss-reactive ketones (excluding diaryl/α,β-unsaturated/α-hetero) is 1. The minimum Gasteiger partial charge on any atom is -0.299 e. The van der Waals surface area contributed by atoms with Crippen LogP contribution in [0, 0.1) is 19.8 Å². The summed E-state index contributed by atoms with van der Waals surface area (Å²) in [5.41, 5.74) is 3.80. The molecule has 0 radical (unpaired) electrons. The first-order valence-corrected chi connectivity index (χ1v) is 5.94. The molecule has 2 rings (SSSR count). The van der Waals surface area contributed by atoms with Gasteiger partial charge in [-0.2, -0.15) is 0 Å². The van der Waals surface area contributed by atoms with Gasteiger partial charge in [-0.05, 0) is 43.4 Å². The van der Waals surface area contributed by atoms with Crippen LogP contribution in [0.3, 0.4) is 0 Å². The molecule has 0 saturated heterocycles. The van der Waals surface area contributed by atoms with E-state index in [-0.39, 0.29) is 0 Å². The summed E-state index contributed by atoms with van der Waals surface area (Å²) in [6.07, 6.45) is 6.91. The number of carbonyl (C=O) groups is 1. The van der Waals surface area contributed by atoms with Gasteiger partial charge >= 0.3 is 0 Å². The minimum absolute atomic E-state index is 0.377. The van der Waals surface area contributed by atoms with Gasteiger partial charge in [-0.25, -0.2) is 0 Å². The zero-order valence-electron chi connectivity index (χ0n) is 9.99. The van der Waals surface area contributed by atoms with E-state index in [1.165, 1.54) is 16.7 Å². The van der Waals surface area contributed by atoms with Gasteiger partial charge in [0.25, 0.3) is 0 Å². The molecule has 0 aromatic heterocycles. The van der Waals surface area contributed by atoms with Crippen LogP contribution in [0.15, 0.2) is 24.3 Å². The Hall–Kier alpha value is -1.37. The number of carbonyl (C=O) groups excluding carboxylic acids is 1. The molecular weight excluding hydrogens is 196 g/mol. The zero-order chi connectivity index (χ0) is 11.5. The van der Waals surface area contributed by atoms with Crippen LogP contribution < -0.4 is 0 Å². The van der Waals surface area contributed by atoms with E-state index >= 15 is 0 Å². The number of hydrogen-bond acceptors (Lipinski definition) is 1. The molecule has 0 spiro atoms. The summed E-state index contributed by atoms with van der Waals surface area (Å²) in [4.78, 5) is 11.5. The Kier molecular flexibility index (Phi) is 3.23. The van der Waals surface area contributed by atoms with Gasteiger partial charge in [-0.3, -0.25) is 4.79 Å². The molecule has 0 heterocycles. The quantitative estimate of drug-likeness (QED) is 0.747. The molecule has 1 saturated carbocycles. The van der Waals surface area contributed by atoms with Gasteiger partial charge in [-0.1, -0.05) is 30.4 Å². The normalized spacial score (nSPS) is 15.6. The molecule has 1 nitrogen and oxygen atoms in total. The predicted octanol–water partition coefficient (Wildman–Crippen LogP) is 3.69. The Labute approximate surface area is 97.2 Å². The smallest absolute Gasteiger partial charge is 0.139 e. The van der Waals surface area contributed by atoms with E-state index in [4.69, 9.17) is 0 Å².